The molecule has 0 aliphatic carbocycles. The van der Waals surface area contributed by atoms with Crippen molar-refractivity contribution in [2.24, 2.45) is 9.98 Å². The molecule has 0 radical (unpaired) electrons. The van der Waals surface area contributed by atoms with Crippen LogP contribution in [0, 0.1) is 0 Å². The first kappa shape index (κ1) is 31.6. The Bertz CT molecular complexity index is 1270. The number of hydrogen-bond donors (Lipinski definition) is 2. The second-order valence-electron chi connectivity index (χ2n) is 9.95. The van der Waals surface area contributed by atoms with Gasteiger partial charge in [0.1, 0.15) is 17.5 Å². The van der Waals surface area contributed by atoms with Gasteiger partial charge in [-0.2, -0.15) is 4.98 Å². The third-order valence-electron chi connectivity index (χ3n) is 7.12. The van der Waals surface area contributed by atoms with E-state index in [-0.39, 0.29) is 20.4 Å². The Morgan fingerprint density at radius 3 is 2.80 bits per heavy atom. The van der Waals surface area contributed by atoms with Crippen LogP contribution in [-0.4, -0.2) is 71.4 Å². The van der Waals surface area contributed by atoms with Gasteiger partial charge in [0.2, 0.25) is 5.95 Å². The van der Waals surface area contributed by atoms with Crippen molar-refractivity contribution in [1.82, 2.24) is 25.2 Å². The van der Waals surface area contributed by atoms with Gasteiger partial charge >= 0.3 is 0 Å². The zero-order valence-electron chi connectivity index (χ0n) is 25.3. The molecule has 0 saturated carbocycles. The molecule has 0 bridgehead atoms. The number of hydrogen-bond acceptors (Lipinski definition) is 9. The van der Waals surface area contributed by atoms with E-state index >= 15 is 0 Å². The van der Waals surface area contributed by atoms with E-state index < -0.39 is 0 Å². The number of anilines is 3. The van der Waals surface area contributed by atoms with Crippen molar-refractivity contribution in [3.8, 4) is 0 Å². The van der Waals surface area contributed by atoms with Gasteiger partial charge in [-0.25, -0.2) is 20.0 Å². The fraction of sp³-hybridized carbons (Fsp3) is 0.452. The summed E-state index contributed by atoms with van der Waals surface area (Å²) in [6.45, 7) is 17.6. The van der Waals surface area contributed by atoms with E-state index in [0.29, 0.717) is 32.1 Å². The van der Waals surface area contributed by atoms with Crippen molar-refractivity contribution in [2.75, 3.05) is 37.5 Å². The van der Waals surface area contributed by atoms with Gasteiger partial charge in [0.05, 0.1) is 30.8 Å². The van der Waals surface area contributed by atoms with E-state index in [0.717, 1.165) is 35.1 Å². The normalized spacial score (nSPS) is 21.7. The van der Waals surface area contributed by atoms with Crippen LogP contribution >= 0.6 is 0 Å². The number of nitrogens with one attached hydrogen (secondary N) is 2. The Hall–Kier alpha value is -3.89. The van der Waals surface area contributed by atoms with Gasteiger partial charge in [-0.1, -0.05) is 52.1 Å². The molecule has 4 rings (SSSR count). The summed E-state index contributed by atoms with van der Waals surface area (Å²) in [6.07, 6.45) is 12.4. The van der Waals surface area contributed by atoms with Crippen molar-refractivity contribution < 1.29 is 7.59 Å². The largest absolute Gasteiger partial charge is 0.377 e. The first-order chi connectivity index (χ1) is 19.9. The minimum Gasteiger partial charge on any atom is -0.377 e. The Balaban J connectivity index is 0.00000226. The summed E-state index contributed by atoms with van der Waals surface area (Å²) < 4.78 is 6.13. The summed E-state index contributed by atoms with van der Waals surface area (Å²) in [5.74, 6) is 3.17. The fourth-order valence-electron chi connectivity index (χ4n) is 5.07. The average molecular weight is 564 g/mol. The smallest absolute Gasteiger partial charge is 0.224 e. The van der Waals surface area contributed by atoms with Crippen molar-refractivity contribution in [3.63, 3.8) is 0 Å². The molecule has 224 valence electrons. The molecule has 41 heavy (non-hydrogen) atoms. The summed E-state index contributed by atoms with van der Waals surface area (Å²) in [5, 5.41) is 6.53. The first-order valence-electron chi connectivity index (χ1n) is 14.2. The van der Waals surface area contributed by atoms with Crippen molar-refractivity contribution >= 4 is 29.8 Å². The lowest BCUT2D eigenvalue weighted by Crippen LogP contribution is -2.50. The van der Waals surface area contributed by atoms with Crippen LogP contribution in [0.15, 0.2) is 72.1 Å². The predicted molar refractivity (Wildman–Crippen MR) is 174 cm³/mol. The Kier molecular flexibility index (Phi) is 11.7. The molecular weight excluding hydrogens is 514 g/mol. The van der Waals surface area contributed by atoms with Gasteiger partial charge in [-0.05, 0) is 32.5 Å². The highest BCUT2D eigenvalue weighted by atomic mass is 16.5. The highest BCUT2D eigenvalue weighted by Gasteiger charge is 2.53. The van der Waals surface area contributed by atoms with Crippen molar-refractivity contribution in [3.05, 3.63) is 73.4 Å². The second kappa shape index (κ2) is 15.2. The molecule has 2 aliphatic rings. The van der Waals surface area contributed by atoms with E-state index in [2.05, 4.69) is 69.6 Å². The summed E-state index contributed by atoms with van der Waals surface area (Å²) in [4.78, 5) is 27.1. The van der Waals surface area contributed by atoms with Crippen LogP contribution in [0.3, 0.4) is 0 Å². The zero-order chi connectivity index (χ0) is 29.8. The number of fused-ring (bicyclic) bond motifs is 3. The second-order valence-corrected chi connectivity index (χ2v) is 9.95. The minimum absolute atomic E-state index is 0. The number of rotatable bonds is 11. The number of aliphatic imine (C=N–C) groups is 2. The van der Waals surface area contributed by atoms with E-state index in [1.165, 1.54) is 12.4 Å². The molecule has 10 heteroatoms. The molecule has 4 heterocycles. The first-order valence-corrected chi connectivity index (χ1v) is 14.2. The van der Waals surface area contributed by atoms with Crippen LogP contribution in [0.2, 0.25) is 0 Å². The van der Waals surface area contributed by atoms with E-state index in [1.54, 1.807) is 6.34 Å². The monoisotopic (exact) mass is 563 g/mol. The average Bonchev–Trinajstić information content (AvgIpc) is 3.23. The van der Waals surface area contributed by atoms with Crippen LogP contribution < -0.4 is 15.5 Å². The zero-order valence-corrected chi connectivity index (χ0v) is 25.3. The summed E-state index contributed by atoms with van der Waals surface area (Å²) in [5.41, 5.74) is 1.86. The van der Waals surface area contributed by atoms with Gasteiger partial charge in [0.15, 0.2) is 0 Å². The molecule has 1 unspecified atom stereocenters. The maximum atomic E-state index is 6.13. The summed E-state index contributed by atoms with van der Waals surface area (Å²) >= 11 is 0. The third-order valence-corrected chi connectivity index (χ3v) is 7.12. The van der Waals surface area contributed by atoms with E-state index in [1.807, 2.05) is 57.3 Å². The van der Waals surface area contributed by atoms with Gasteiger partial charge in [0.25, 0.3) is 0 Å². The minimum atomic E-state index is -0.219. The standard InChI is InChI=1S/C29H39N9O.C2H6.2H2/c1-7-31-20-37(6)25(32-8-2)13-9-10-15-33-28-34-18-23-27(36-28)38(24-16-21(3)39-19-29(23,24)4)26-14-11-12-22(35-26)17-30-5;1-2;;/h7-12,14,18,20-21,24,30H,1-2,13,15-17,19H2,3-6H3,(H,33,34,36);1-2H3;2*1H/b10-9-,31-20?,32-25?;;;/t21?,24-,29-;;;/m1.../s1. The van der Waals surface area contributed by atoms with E-state index in [4.69, 9.17) is 14.7 Å². The number of aromatic nitrogens is 3. The van der Waals surface area contributed by atoms with Crippen molar-refractivity contribution in [2.45, 2.75) is 64.6 Å². The number of pyridine rings is 1. The molecular formula is C31H49N9O. The Morgan fingerprint density at radius 1 is 1.27 bits per heavy atom. The van der Waals surface area contributed by atoms with E-state index in [9.17, 15) is 0 Å². The van der Waals surface area contributed by atoms with Crippen LogP contribution in [-0.2, 0) is 16.7 Å². The number of ether oxygens (including phenoxy) is 1. The number of amidine groups is 1. The van der Waals surface area contributed by atoms with Gasteiger partial charge in [-0.15, -0.1) is 0 Å². The third kappa shape index (κ3) is 7.45. The van der Waals surface area contributed by atoms with Crippen LogP contribution in [0.5, 0.6) is 0 Å². The summed E-state index contributed by atoms with van der Waals surface area (Å²) in [6, 6.07) is 6.34. The van der Waals surface area contributed by atoms with Gasteiger partial charge in [-0.3, -0.25) is 0 Å². The molecule has 2 aromatic heterocycles. The van der Waals surface area contributed by atoms with Crippen LogP contribution in [0.4, 0.5) is 17.6 Å². The highest BCUT2D eigenvalue weighted by Crippen LogP contribution is 2.51. The lowest BCUT2D eigenvalue weighted by atomic mass is 9.76. The molecule has 0 spiro atoms. The van der Waals surface area contributed by atoms with Crippen LogP contribution in [0.25, 0.3) is 0 Å². The molecule has 1 fully saturated rings. The molecule has 1 saturated heterocycles. The Morgan fingerprint density at radius 2 is 2.07 bits per heavy atom. The van der Waals surface area contributed by atoms with Crippen LogP contribution in [0.1, 0.15) is 54.6 Å². The SMILES string of the molecule is C=CN=CN(C)C(C/C=C\CNc1ncc2c(n1)N(c1cccc(CNC)n1)[C@@H]1CC(C)OC[C@]21C)=NC=C.CC.[HH].[HH]. The topological polar surface area (TPSA) is 103 Å². The molecule has 0 aromatic carbocycles. The molecule has 2 aliphatic heterocycles. The lowest BCUT2D eigenvalue weighted by molar-refractivity contribution is -0.0216. The summed E-state index contributed by atoms with van der Waals surface area (Å²) in [7, 11) is 3.82. The lowest BCUT2D eigenvalue weighted by Gasteiger charge is -2.42. The van der Waals surface area contributed by atoms with Gasteiger partial charge < -0.3 is 25.2 Å². The maximum absolute atomic E-state index is 6.13. The fourth-order valence-corrected chi connectivity index (χ4v) is 5.07. The number of nitrogens with zero attached hydrogens (tertiary/aromatic N) is 7. The van der Waals surface area contributed by atoms with Gasteiger partial charge in [0, 0.05) is 59.0 Å². The molecule has 2 aromatic rings. The van der Waals surface area contributed by atoms with Crippen molar-refractivity contribution in [1.29, 1.82) is 0 Å². The molecule has 2 N–H and O–H groups in total. The molecule has 10 nitrogen and oxygen atoms in total. The molecule has 3 atom stereocenters. The maximum Gasteiger partial charge on any atom is 0.224 e. The predicted octanol–water partition coefficient (Wildman–Crippen LogP) is 5.70. The quantitative estimate of drug-likeness (QED) is 0.204. The Labute approximate surface area is 248 Å². The molecule has 0 amide bonds. The highest BCUT2D eigenvalue weighted by molar-refractivity contribution is 5.93.